The summed E-state index contributed by atoms with van der Waals surface area (Å²) in [5.74, 6) is 0.675. The van der Waals surface area contributed by atoms with Gasteiger partial charge in [0.2, 0.25) is 0 Å². The van der Waals surface area contributed by atoms with Crippen LogP contribution >= 0.6 is 0 Å². The molecule has 0 amide bonds. The monoisotopic (exact) mass is 382 g/mol. The maximum absolute atomic E-state index is 6.37. The quantitative estimate of drug-likeness (QED) is 0.373. The molecule has 0 bridgehead atoms. The van der Waals surface area contributed by atoms with Gasteiger partial charge in [-0.2, -0.15) is 0 Å². The van der Waals surface area contributed by atoms with E-state index in [2.05, 4.69) is 31.5 Å². The SMILES string of the molecule is CNC1CCNC(NC2CNC(OC)C(OC[C@@H]3CCN(C4CC4)C3)C2)N1. The number of methoxy groups -OCH3 is 1. The molecule has 6 atom stereocenters. The summed E-state index contributed by atoms with van der Waals surface area (Å²) in [4.78, 5) is 2.66. The Bertz CT molecular complexity index is 465. The summed E-state index contributed by atoms with van der Waals surface area (Å²) in [5, 5.41) is 17.6. The van der Waals surface area contributed by atoms with Crippen LogP contribution in [0.5, 0.6) is 0 Å². The van der Waals surface area contributed by atoms with E-state index in [-0.39, 0.29) is 18.6 Å². The summed E-state index contributed by atoms with van der Waals surface area (Å²) in [6.07, 6.45) is 6.70. The Morgan fingerprint density at radius 3 is 2.81 bits per heavy atom. The first kappa shape index (κ1) is 20.0. The zero-order valence-corrected chi connectivity index (χ0v) is 16.9. The fourth-order valence-corrected chi connectivity index (χ4v) is 4.71. The van der Waals surface area contributed by atoms with Gasteiger partial charge in [0.25, 0.3) is 0 Å². The highest BCUT2D eigenvalue weighted by Gasteiger charge is 2.36. The first-order valence-electron chi connectivity index (χ1n) is 10.8. The van der Waals surface area contributed by atoms with Crippen molar-refractivity contribution in [2.45, 2.75) is 69.0 Å². The number of hydrogen-bond acceptors (Lipinski definition) is 8. The van der Waals surface area contributed by atoms with Crippen molar-refractivity contribution in [3.05, 3.63) is 0 Å². The van der Waals surface area contributed by atoms with Crippen LogP contribution in [0.3, 0.4) is 0 Å². The van der Waals surface area contributed by atoms with Crippen molar-refractivity contribution >= 4 is 0 Å². The fourth-order valence-electron chi connectivity index (χ4n) is 4.71. The molecule has 8 heteroatoms. The molecule has 0 radical (unpaired) electrons. The summed E-state index contributed by atoms with van der Waals surface area (Å²) >= 11 is 0. The number of nitrogens with one attached hydrogen (secondary N) is 5. The topological polar surface area (TPSA) is 81.8 Å². The van der Waals surface area contributed by atoms with Crippen molar-refractivity contribution in [1.29, 1.82) is 0 Å². The van der Waals surface area contributed by atoms with Crippen molar-refractivity contribution in [3.8, 4) is 0 Å². The maximum atomic E-state index is 6.37. The lowest BCUT2D eigenvalue weighted by molar-refractivity contribution is -0.101. The molecule has 5 unspecified atom stereocenters. The maximum Gasteiger partial charge on any atom is 0.134 e. The second-order valence-corrected chi connectivity index (χ2v) is 8.60. The van der Waals surface area contributed by atoms with Crippen LogP contribution in [0.4, 0.5) is 0 Å². The number of hydrogen-bond donors (Lipinski definition) is 5. The highest BCUT2D eigenvalue weighted by atomic mass is 16.5. The van der Waals surface area contributed by atoms with Gasteiger partial charge in [-0.25, -0.2) is 0 Å². The summed E-state index contributed by atoms with van der Waals surface area (Å²) in [7, 11) is 3.77. The predicted molar refractivity (Wildman–Crippen MR) is 105 cm³/mol. The second kappa shape index (κ2) is 9.45. The Kier molecular flexibility index (Phi) is 6.99. The summed E-state index contributed by atoms with van der Waals surface area (Å²) in [6, 6.07) is 1.23. The zero-order chi connectivity index (χ0) is 18.6. The Labute approximate surface area is 163 Å². The molecule has 0 spiro atoms. The van der Waals surface area contributed by atoms with E-state index < -0.39 is 0 Å². The van der Waals surface area contributed by atoms with Gasteiger partial charge in [0.05, 0.1) is 18.9 Å². The summed E-state index contributed by atoms with van der Waals surface area (Å²) < 4.78 is 12.0. The van der Waals surface area contributed by atoms with Crippen molar-refractivity contribution < 1.29 is 9.47 Å². The largest absolute Gasteiger partial charge is 0.374 e. The predicted octanol–water partition coefficient (Wildman–Crippen LogP) is -0.808. The average molecular weight is 383 g/mol. The molecule has 5 N–H and O–H groups in total. The number of rotatable bonds is 8. The Morgan fingerprint density at radius 2 is 2.04 bits per heavy atom. The molecular weight excluding hydrogens is 344 g/mol. The molecule has 27 heavy (non-hydrogen) atoms. The molecule has 4 aliphatic rings. The lowest BCUT2D eigenvalue weighted by Gasteiger charge is -2.40. The molecule has 3 aliphatic heterocycles. The van der Waals surface area contributed by atoms with Gasteiger partial charge in [0.15, 0.2) is 0 Å². The van der Waals surface area contributed by atoms with Crippen LogP contribution in [0.1, 0.15) is 32.1 Å². The number of ether oxygens (including phenoxy) is 2. The van der Waals surface area contributed by atoms with E-state index in [4.69, 9.17) is 9.47 Å². The van der Waals surface area contributed by atoms with E-state index in [9.17, 15) is 0 Å². The van der Waals surface area contributed by atoms with Gasteiger partial charge >= 0.3 is 0 Å². The molecular formula is C19H38N6O2. The van der Waals surface area contributed by atoms with E-state index in [1.54, 1.807) is 7.11 Å². The second-order valence-electron chi connectivity index (χ2n) is 8.60. The molecule has 0 aromatic heterocycles. The Balaban J connectivity index is 1.23. The molecule has 4 fully saturated rings. The first-order valence-corrected chi connectivity index (χ1v) is 10.8. The standard InChI is InChI=1S/C19H38N6O2/c1-20-17-5-7-21-19(24-17)23-14-9-16(18(26-2)22-10-14)27-12-13-6-8-25(11-13)15-3-4-15/h13-24H,3-12H2,1-2H3/t13-,14?,16?,17?,18?,19?/m1/s1. The lowest BCUT2D eigenvalue weighted by Crippen LogP contribution is -2.68. The molecule has 0 aromatic rings. The Morgan fingerprint density at radius 1 is 1.15 bits per heavy atom. The minimum Gasteiger partial charge on any atom is -0.374 e. The summed E-state index contributed by atoms with van der Waals surface area (Å²) in [6.45, 7) is 5.22. The van der Waals surface area contributed by atoms with Gasteiger partial charge in [-0.15, -0.1) is 0 Å². The molecule has 1 saturated carbocycles. The number of piperidine rings is 1. The van der Waals surface area contributed by atoms with Gasteiger partial charge < -0.3 is 19.7 Å². The third-order valence-electron chi connectivity index (χ3n) is 6.50. The fraction of sp³-hybridized carbons (Fsp3) is 1.00. The van der Waals surface area contributed by atoms with Crippen LogP contribution in [0.25, 0.3) is 0 Å². The van der Waals surface area contributed by atoms with Crippen LogP contribution in [0.2, 0.25) is 0 Å². The minimum absolute atomic E-state index is 0.0127. The van der Waals surface area contributed by atoms with Crippen molar-refractivity contribution in [1.82, 2.24) is 31.5 Å². The number of likely N-dealkylation sites (tertiary alicyclic amines) is 1. The molecule has 4 rings (SSSR count). The zero-order valence-electron chi connectivity index (χ0n) is 16.9. The van der Waals surface area contributed by atoms with Crippen LogP contribution in [-0.2, 0) is 9.47 Å². The smallest absolute Gasteiger partial charge is 0.134 e. The van der Waals surface area contributed by atoms with E-state index in [1.165, 1.54) is 32.4 Å². The highest BCUT2D eigenvalue weighted by molar-refractivity contribution is 4.91. The van der Waals surface area contributed by atoms with Crippen LogP contribution in [0, 0.1) is 5.92 Å². The molecule has 3 heterocycles. The molecule has 3 saturated heterocycles. The van der Waals surface area contributed by atoms with Crippen molar-refractivity contribution in [3.63, 3.8) is 0 Å². The third kappa shape index (κ3) is 5.39. The average Bonchev–Trinajstić information content (AvgIpc) is 3.45. The lowest BCUT2D eigenvalue weighted by atomic mass is 10.0. The van der Waals surface area contributed by atoms with Crippen LogP contribution in [-0.4, -0.2) is 88.7 Å². The molecule has 1 aliphatic carbocycles. The van der Waals surface area contributed by atoms with Crippen molar-refractivity contribution in [2.24, 2.45) is 5.92 Å². The van der Waals surface area contributed by atoms with Crippen molar-refractivity contribution in [2.75, 3.05) is 46.9 Å². The van der Waals surface area contributed by atoms with Gasteiger partial charge in [0.1, 0.15) is 12.5 Å². The van der Waals surface area contributed by atoms with Gasteiger partial charge in [-0.3, -0.25) is 21.3 Å². The normalized spacial score (nSPS) is 41.1. The van der Waals surface area contributed by atoms with Crippen LogP contribution in [0.15, 0.2) is 0 Å². The Hall–Kier alpha value is -0.320. The van der Waals surface area contributed by atoms with E-state index in [1.807, 2.05) is 7.05 Å². The highest BCUT2D eigenvalue weighted by Crippen LogP contribution is 2.32. The van der Waals surface area contributed by atoms with E-state index in [0.717, 1.165) is 38.6 Å². The third-order valence-corrected chi connectivity index (χ3v) is 6.50. The minimum atomic E-state index is -0.0127. The summed E-state index contributed by atoms with van der Waals surface area (Å²) in [5.41, 5.74) is 0. The number of nitrogens with zero attached hydrogens (tertiary/aromatic N) is 1. The molecule has 0 aromatic carbocycles. The van der Waals surface area contributed by atoms with Gasteiger partial charge in [-0.1, -0.05) is 0 Å². The first-order chi connectivity index (χ1) is 13.2. The molecule has 156 valence electrons. The van der Waals surface area contributed by atoms with E-state index >= 15 is 0 Å². The molecule has 8 nitrogen and oxygen atoms in total. The van der Waals surface area contributed by atoms with Gasteiger partial charge in [0, 0.05) is 38.8 Å². The van der Waals surface area contributed by atoms with Crippen LogP contribution < -0.4 is 26.6 Å². The van der Waals surface area contributed by atoms with Gasteiger partial charge in [-0.05, 0) is 51.6 Å². The van der Waals surface area contributed by atoms with E-state index in [0.29, 0.717) is 18.1 Å².